The topological polar surface area (TPSA) is 41.0 Å². The molecule has 0 aliphatic carbocycles. The van der Waals surface area contributed by atoms with Crippen LogP contribution in [0.3, 0.4) is 0 Å². The molecule has 1 aromatic carbocycles. The third-order valence-electron chi connectivity index (χ3n) is 6.00. The van der Waals surface area contributed by atoms with Crippen molar-refractivity contribution in [3.8, 4) is 5.75 Å². The Morgan fingerprint density at radius 2 is 1.88 bits per heavy atom. The van der Waals surface area contributed by atoms with Gasteiger partial charge in [0.05, 0.1) is 11.8 Å². The number of ether oxygens (including phenoxy) is 1. The van der Waals surface area contributed by atoms with Crippen molar-refractivity contribution in [1.82, 2.24) is 14.9 Å². The van der Waals surface area contributed by atoms with Crippen molar-refractivity contribution in [2.24, 2.45) is 5.10 Å². The van der Waals surface area contributed by atoms with Crippen LogP contribution < -0.4 is 4.74 Å². The summed E-state index contributed by atoms with van der Waals surface area (Å²) in [5, 5.41) is 7.36. The van der Waals surface area contributed by atoms with Gasteiger partial charge in [-0.25, -0.2) is 5.01 Å². The van der Waals surface area contributed by atoms with Crippen LogP contribution in [-0.2, 0) is 0 Å². The Kier molecular flexibility index (Phi) is 3.71. The summed E-state index contributed by atoms with van der Waals surface area (Å²) >= 11 is 0. The van der Waals surface area contributed by atoms with E-state index in [9.17, 15) is 0 Å². The van der Waals surface area contributed by atoms with Gasteiger partial charge in [-0.15, -0.1) is 0 Å². The van der Waals surface area contributed by atoms with Crippen LogP contribution in [0.5, 0.6) is 5.75 Å². The van der Waals surface area contributed by atoms with E-state index in [1.165, 1.54) is 5.56 Å². The molecule has 2 aromatic rings. The summed E-state index contributed by atoms with van der Waals surface area (Å²) in [6.07, 6.45) is 6.57. The summed E-state index contributed by atoms with van der Waals surface area (Å²) in [4.78, 5) is 6.64. The van der Waals surface area contributed by atoms with Gasteiger partial charge in [-0.3, -0.25) is 4.98 Å². The maximum absolute atomic E-state index is 6.63. The zero-order valence-corrected chi connectivity index (χ0v) is 15.1. The molecule has 1 atom stereocenters. The molecule has 4 heterocycles. The SMILES string of the molecule is CCN1CCC2(CC1)Oc1ccccc1C1CC(c3ccncc3)=NN12. The molecule has 0 saturated carbocycles. The number of pyridine rings is 1. The Morgan fingerprint density at radius 1 is 1.12 bits per heavy atom. The van der Waals surface area contributed by atoms with Gasteiger partial charge in [0.1, 0.15) is 5.75 Å². The molecule has 5 heteroatoms. The van der Waals surface area contributed by atoms with Gasteiger partial charge in [0.25, 0.3) is 0 Å². The van der Waals surface area contributed by atoms with Gasteiger partial charge in [-0.1, -0.05) is 25.1 Å². The average molecular weight is 348 g/mol. The number of fused-ring (bicyclic) bond motifs is 4. The standard InChI is InChI=1S/C21H24N4O/c1-2-24-13-9-21(10-14-24)25-19(17-5-3-4-6-20(17)26-21)15-18(23-25)16-7-11-22-12-8-16/h3-8,11-12,19H,2,9-10,13-15H2,1H3. The van der Waals surface area contributed by atoms with Crippen molar-refractivity contribution in [3.05, 3.63) is 59.9 Å². The third kappa shape index (κ3) is 2.42. The van der Waals surface area contributed by atoms with E-state index in [2.05, 4.69) is 58.2 Å². The van der Waals surface area contributed by atoms with Gasteiger partial charge in [0, 0.05) is 55.9 Å². The number of piperidine rings is 1. The van der Waals surface area contributed by atoms with Crippen molar-refractivity contribution in [1.29, 1.82) is 0 Å². The zero-order valence-electron chi connectivity index (χ0n) is 15.1. The second-order valence-corrected chi connectivity index (χ2v) is 7.37. The molecule has 3 aliphatic heterocycles. The van der Waals surface area contributed by atoms with Gasteiger partial charge < -0.3 is 9.64 Å². The summed E-state index contributed by atoms with van der Waals surface area (Å²) in [6.45, 7) is 5.44. The van der Waals surface area contributed by atoms with E-state index in [4.69, 9.17) is 9.84 Å². The summed E-state index contributed by atoms with van der Waals surface area (Å²) in [7, 11) is 0. The minimum absolute atomic E-state index is 0.260. The van der Waals surface area contributed by atoms with Crippen molar-refractivity contribution < 1.29 is 4.74 Å². The predicted molar refractivity (Wildman–Crippen MR) is 101 cm³/mol. The monoisotopic (exact) mass is 348 g/mol. The van der Waals surface area contributed by atoms with Gasteiger partial charge in [-0.05, 0) is 24.7 Å². The summed E-state index contributed by atoms with van der Waals surface area (Å²) in [6, 6.07) is 12.8. The molecule has 1 spiro atoms. The fourth-order valence-corrected chi connectivity index (χ4v) is 4.50. The fourth-order valence-electron chi connectivity index (χ4n) is 4.50. The van der Waals surface area contributed by atoms with Crippen LogP contribution in [0.15, 0.2) is 53.9 Å². The molecule has 134 valence electrons. The highest BCUT2D eigenvalue weighted by Crippen LogP contribution is 2.49. The molecule has 5 rings (SSSR count). The Morgan fingerprint density at radius 3 is 2.65 bits per heavy atom. The molecule has 1 aromatic heterocycles. The number of hydrogen-bond donors (Lipinski definition) is 0. The minimum atomic E-state index is -0.320. The Hall–Kier alpha value is -2.40. The lowest BCUT2D eigenvalue weighted by Gasteiger charge is -2.51. The van der Waals surface area contributed by atoms with E-state index < -0.39 is 0 Å². The van der Waals surface area contributed by atoms with Crippen LogP contribution in [0.2, 0.25) is 0 Å². The van der Waals surface area contributed by atoms with Crippen LogP contribution in [0, 0.1) is 0 Å². The molecule has 0 radical (unpaired) electrons. The lowest BCUT2D eigenvalue weighted by molar-refractivity contribution is -0.149. The molecule has 5 nitrogen and oxygen atoms in total. The Bertz CT molecular complexity index is 827. The number of aromatic nitrogens is 1. The number of hydrogen-bond acceptors (Lipinski definition) is 5. The molecule has 1 fully saturated rings. The third-order valence-corrected chi connectivity index (χ3v) is 6.00. The van der Waals surface area contributed by atoms with Gasteiger partial charge in [-0.2, -0.15) is 5.10 Å². The summed E-state index contributed by atoms with van der Waals surface area (Å²) in [5.74, 6) is 1.03. The highest BCUT2D eigenvalue weighted by molar-refractivity contribution is 6.01. The number of nitrogens with zero attached hydrogens (tertiary/aromatic N) is 4. The first kappa shape index (κ1) is 15.8. The maximum atomic E-state index is 6.63. The highest BCUT2D eigenvalue weighted by atomic mass is 16.5. The normalized spacial score (nSPS) is 24.0. The van der Waals surface area contributed by atoms with Crippen LogP contribution in [0.1, 0.15) is 43.4 Å². The summed E-state index contributed by atoms with van der Waals surface area (Å²) < 4.78 is 6.63. The van der Waals surface area contributed by atoms with Crippen LogP contribution in [0.25, 0.3) is 0 Å². The molecule has 0 amide bonds. The second kappa shape index (κ2) is 6.09. The molecule has 0 bridgehead atoms. The van der Waals surface area contributed by atoms with E-state index in [1.54, 1.807) is 0 Å². The number of rotatable bonds is 2. The van der Waals surface area contributed by atoms with E-state index in [-0.39, 0.29) is 11.8 Å². The van der Waals surface area contributed by atoms with Gasteiger partial charge >= 0.3 is 0 Å². The van der Waals surface area contributed by atoms with Gasteiger partial charge in [0.2, 0.25) is 5.72 Å². The molecule has 1 saturated heterocycles. The lowest BCUT2D eigenvalue weighted by atomic mass is 9.91. The molecule has 3 aliphatic rings. The molecule has 1 unspecified atom stereocenters. The van der Waals surface area contributed by atoms with Crippen molar-refractivity contribution in [3.63, 3.8) is 0 Å². The van der Waals surface area contributed by atoms with E-state index >= 15 is 0 Å². The maximum Gasteiger partial charge on any atom is 0.200 e. The first-order chi connectivity index (χ1) is 12.8. The smallest absolute Gasteiger partial charge is 0.200 e. The van der Waals surface area contributed by atoms with Crippen LogP contribution in [-0.4, -0.2) is 46.0 Å². The van der Waals surface area contributed by atoms with Crippen molar-refractivity contribution >= 4 is 5.71 Å². The van der Waals surface area contributed by atoms with Crippen molar-refractivity contribution in [2.75, 3.05) is 19.6 Å². The molecule has 0 N–H and O–H groups in total. The Labute approximate surface area is 154 Å². The number of benzene rings is 1. The molecular weight excluding hydrogens is 324 g/mol. The molecule has 26 heavy (non-hydrogen) atoms. The predicted octanol–water partition coefficient (Wildman–Crippen LogP) is 3.44. The quantitative estimate of drug-likeness (QED) is 0.834. The number of para-hydroxylation sites is 1. The van der Waals surface area contributed by atoms with E-state index in [0.717, 1.165) is 55.9 Å². The lowest BCUT2D eigenvalue weighted by Crippen LogP contribution is -2.59. The number of hydrazone groups is 1. The summed E-state index contributed by atoms with van der Waals surface area (Å²) in [5.41, 5.74) is 3.23. The minimum Gasteiger partial charge on any atom is -0.466 e. The largest absolute Gasteiger partial charge is 0.466 e. The fraction of sp³-hybridized carbons (Fsp3) is 0.429. The average Bonchev–Trinajstić information content (AvgIpc) is 3.16. The second-order valence-electron chi connectivity index (χ2n) is 7.37. The first-order valence-corrected chi connectivity index (χ1v) is 9.56. The zero-order chi connectivity index (χ0) is 17.6. The molecular formula is C21H24N4O. The number of likely N-dealkylation sites (tertiary alicyclic amines) is 1. The first-order valence-electron chi connectivity index (χ1n) is 9.56. The van der Waals surface area contributed by atoms with Crippen molar-refractivity contribution in [2.45, 2.75) is 38.0 Å². The Balaban J connectivity index is 1.55. The van der Waals surface area contributed by atoms with E-state index in [1.807, 2.05) is 12.4 Å². The van der Waals surface area contributed by atoms with E-state index in [0.29, 0.717) is 0 Å². The van der Waals surface area contributed by atoms with Crippen LogP contribution in [0.4, 0.5) is 0 Å². The van der Waals surface area contributed by atoms with Crippen LogP contribution >= 0.6 is 0 Å². The van der Waals surface area contributed by atoms with Gasteiger partial charge in [0.15, 0.2) is 0 Å². The highest BCUT2D eigenvalue weighted by Gasteiger charge is 2.51.